The summed E-state index contributed by atoms with van der Waals surface area (Å²) in [5.41, 5.74) is -0.921. The predicted molar refractivity (Wildman–Crippen MR) is 141 cm³/mol. The summed E-state index contributed by atoms with van der Waals surface area (Å²) in [6.45, 7) is 11.1. The molecule has 1 aromatic carbocycles. The van der Waals surface area contributed by atoms with Gasteiger partial charge in [0.15, 0.2) is 11.6 Å². The lowest BCUT2D eigenvalue weighted by Crippen LogP contribution is -2.30. The summed E-state index contributed by atoms with van der Waals surface area (Å²) in [6, 6.07) is 5.75. The maximum absolute atomic E-state index is 13.7. The smallest absolute Gasteiger partial charge is 0.289 e. The van der Waals surface area contributed by atoms with E-state index in [1.807, 2.05) is 6.92 Å². The lowest BCUT2D eigenvalue weighted by molar-refractivity contribution is -0.0896. The molecule has 0 bridgehead atoms. The number of ketones is 2. The largest absolute Gasteiger partial charge is 0.420 e. The van der Waals surface area contributed by atoms with Gasteiger partial charge >= 0.3 is 6.18 Å². The van der Waals surface area contributed by atoms with Crippen LogP contribution in [0.2, 0.25) is 0 Å². The van der Waals surface area contributed by atoms with E-state index in [4.69, 9.17) is 0 Å². The van der Waals surface area contributed by atoms with E-state index in [2.05, 4.69) is 27.7 Å². The molecule has 0 heterocycles. The van der Waals surface area contributed by atoms with Crippen molar-refractivity contribution >= 4 is 11.6 Å². The third kappa shape index (κ3) is 9.05. The second-order valence-corrected chi connectivity index (χ2v) is 11.2. The zero-order valence-electron chi connectivity index (χ0n) is 22.6. The van der Waals surface area contributed by atoms with Crippen molar-refractivity contribution in [1.82, 2.24) is 0 Å². The lowest BCUT2D eigenvalue weighted by Gasteiger charge is -2.22. The van der Waals surface area contributed by atoms with Crippen molar-refractivity contribution in [3.63, 3.8) is 0 Å². The van der Waals surface area contributed by atoms with Crippen LogP contribution < -0.4 is 0 Å². The Bertz CT molecular complexity index is 953. The van der Waals surface area contributed by atoms with Crippen LogP contribution in [0.3, 0.4) is 0 Å². The number of fused-ring (bicyclic) bond motifs is 1. The SMILES string of the molecule is CC(=CCC1=C(C(F)(F)F)C(=O)c2ccccc2C1=O)CCC[C@H](C)CCC[C@H](C)CCCC(C)C. The van der Waals surface area contributed by atoms with Gasteiger partial charge in [0.25, 0.3) is 0 Å². The minimum absolute atomic E-state index is 0.0552. The maximum atomic E-state index is 13.7. The van der Waals surface area contributed by atoms with Gasteiger partial charge in [-0.3, -0.25) is 9.59 Å². The number of allylic oxidation sites excluding steroid dienone is 4. The second-order valence-electron chi connectivity index (χ2n) is 11.2. The Morgan fingerprint density at radius 1 is 0.806 bits per heavy atom. The molecule has 36 heavy (non-hydrogen) atoms. The molecule has 0 saturated carbocycles. The predicted octanol–water partition coefficient (Wildman–Crippen LogP) is 9.70. The van der Waals surface area contributed by atoms with E-state index in [0.717, 1.165) is 36.7 Å². The number of carbonyl (C=O) groups is 2. The van der Waals surface area contributed by atoms with Gasteiger partial charge in [-0.1, -0.05) is 109 Å². The molecule has 1 aliphatic carbocycles. The molecule has 2 nitrogen and oxygen atoms in total. The van der Waals surface area contributed by atoms with E-state index < -0.39 is 28.9 Å². The number of alkyl halides is 3. The third-order valence-corrected chi connectivity index (χ3v) is 7.30. The fourth-order valence-corrected chi connectivity index (χ4v) is 5.01. The summed E-state index contributed by atoms with van der Waals surface area (Å²) in [5, 5.41) is 0. The molecule has 2 atom stereocenters. The summed E-state index contributed by atoms with van der Waals surface area (Å²) in [4.78, 5) is 25.4. The molecule has 0 N–H and O–H groups in total. The number of halogens is 3. The van der Waals surface area contributed by atoms with Gasteiger partial charge in [0.2, 0.25) is 0 Å². The highest BCUT2D eigenvalue weighted by Crippen LogP contribution is 2.38. The van der Waals surface area contributed by atoms with Crippen LogP contribution in [0.15, 0.2) is 47.1 Å². The molecular weight excluding hydrogens is 461 g/mol. The normalized spacial score (nSPS) is 16.5. The third-order valence-electron chi connectivity index (χ3n) is 7.30. The fourth-order valence-electron chi connectivity index (χ4n) is 5.01. The number of benzene rings is 1. The number of hydrogen-bond acceptors (Lipinski definition) is 2. The van der Waals surface area contributed by atoms with Gasteiger partial charge < -0.3 is 0 Å². The van der Waals surface area contributed by atoms with Crippen molar-refractivity contribution in [2.45, 2.75) is 105 Å². The summed E-state index contributed by atoms with van der Waals surface area (Å²) in [5.74, 6) is 0.364. The van der Waals surface area contributed by atoms with Gasteiger partial charge in [-0.25, -0.2) is 0 Å². The Kier molecular flexibility index (Phi) is 11.6. The highest BCUT2D eigenvalue weighted by atomic mass is 19.4. The number of carbonyl (C=O) groups excluding carboxylic acids is 2. The molecule has 200 valence electrons. The molecule has 1 aliphatic rings. The quantitative estimate of drug-likeness (QED) is 0.236. The van der Waals surface area contributed by atoms with E-state index in [9.17, 15) is 22.8 Å². The molecule has 0 radical (unpaired) electrons. The van der Waals surface area contributed by atoms with Crippen molar-refractivity contribution in [3.05, 3.63) is 58.2 Å². The number of Topliss-reactive ketones (excluding diaryl/α,β-unsaturated/α-hetero) is 2. The van der Waals surface area contributed by atoms with E-state index in [0.29, 0.717) is 5.92 Å². The lowest BCUT2D eigenvalue weighted by atomic mass is 9.82. The molecule has 0 fully saturated rings. The van der Waals surface area contributed by atoms with Crippen molar-refractivity contribution in [1.29, 1.82) is 0 Å². The van der Waals surface area contributed by atoms with Crippen LogP contribution in [0.25, 0.3) is 0 Å². The number of rotatable bonds is 14. The van der Waals surface area contributed by atoms with E-state index in [1.54, 1.807) is 12.1 Å². The van der Waals surface area contributed by atoms with Gasteiger partial charge in [0.05, 0.1) is 0 Å². The average Bonchev–Trinajstić information content (AvgIpc) is 2.79. The van der Waals surface area contributed by atoms with Crippen LogP contribution in [-0.2, 0) is 0 Å². The van der Waals surface area contributed by atoms with E-state index in [-0.39, 0.29) is 17.5 Å². The minimum Gasteiger partial charge on any atom is -0.289 e. The fraction of sp³-hybridized carbons (Fsp3) is 0.613. The van der Waals surface area contributed by atoms with Gasteiger partial charge in [-0.15, -0.1) is 0 Å². The van der Waals surface area contributed by atoms with Gasteiger partial charge in [0.1, 0.15) is 5.57 Å². The van der Waals surface area contributed by atoms with Crippen LogP contribution in [-0.4, -0.2) is 17.7 Å². The Labute approximate surface area is 215 Å². The Hall–Kier alpha value is -2.17. The summed E-state index contributed by atoms with van der Waals surface area (Å²) in [7, 11) is 0. The maximum Gasteiger partial charge on any atom is 0.420 e. The van der Waals surface area contributed by atoms with Crippen LogP contribution in [0.5, 0.6) is 0 Å². The summed E-state index contributed by atoms with van der Waals surface area (Å²) < 4.78 is 41.2. The van der Waals surface area contributed by atoms with Crippen LogP contribution in [0.1, 0.15) is 120 Å². The van der Waals surface area contributed by atoms with Crippen molar-refractivity contribution < 1.29 is 22.8 Å². The monoisotopic (exact) mass is 504 g/mol. The molecule has 5 heteroatoms. The van der Waals surface area contributed by atoms with Crippen molar-refractivity contribution in [2.24, 2.45) is 17.8 Å². The highest BCUT2D eigenvalue weighted by molar-refractivity contribution is 6.27. The van der Waals surface area contributed by atoms with Crippen LogP contribution in [0, 0.1) is 17.8 Å². The molecule has 0 amide bonds. The topological polar surface area (TPSA) is 34.1 Å². The number of hydrogen-bond donors (Lipinski definition) is 0. The Balaban J connectivity index is 1.85. The molecule has 2 rings (SSSR count). The Morgan fingerprint density at radius 2 is 1.31 bits per heavy atom. The summed E-state index contributed by atoms with van der Waals surface area (Å²) in [6.07, 6.45) is 7.11. The molecule has 0 aliphatic heterocycles. The molecule has 1 aromatic rings. The molecule has 0 saturated heterocycles. The zero-order chi connectivity index (χ0) is 26.9. The first-order chi connectivity index (χ1) is 16.9. The van der Waals surface area contributed by atoms with Gasteiger partial charge in [-0.05, 0) is 43.9 Å². The van der Waals surface area contributed by atoms with Crippen molar-refractivity contribution in [3.8, 4) is 0 Å². The molecule has 0 spiro atoms. The molecule has 0 unspecified atom stereocenters. The molecule has 0 aromatic heterocycles. The highest BCUT2D eigenvalue weighted by Gasteiger charge is 2.46. The Morgan fingerprint density at radius 3 is 1.83 bits per heavy atom. The summed E-state index contributed by atoms with van der Waals surface area (Å²) >= 11 is 0. The van der Waals surface area contributed by atoms with Crippen LogP contribution in [0.4, 0.5) is 13.2 Å². The minimum atomic E-state index is -4.86. The first-order valence-corrected chi connectivity index (χ1v) is 13.6. The molecular formula is C31H43F3O2. The van der Waals surface area contributed by atoms with E-state index >= 15 is 0 Å². The van der Waals surface area contributed by atoms with Crippen LogP contribution >= 0.6 is 0 Å². The van der Waals surface area contributed by atoms with Crippen molar-refractivity contribution in [2.75, 3.05) is 0 Å². The zero-order valence-corrected chi connectivity index (χ0v) is 22.6. The van der Waals surface area contributed by atoms with Gasteiger partial charge in [0, 0.05) is 16.7 Å². The average molecular weight is 505 g/mol. The standard InChI is InChI=1S/C31H43F3O2/c1-21(2)11-8-12-22(3)13-9-14-23(4)15-10-16-24(5)19-20-27-28(31(32,33)34)30(36)26-18-7-6-17-25(26)29(27)35/h6-7,17-19,21-23H,8-16,20H2,1-5H3/t22-,23-/m1/s1. The first-order valence-electron chi connectivity index (χ1n) is 13.6. The van der Waals surface area contributed by atoms with Gasteiger partial charge in [-0.2, -0.15) is 13.2 Å². The second kappa shape index (κ2) is 13.9. The first kappa shape index (κ1) is 30.1. The van der Waals surface area contributed by atoms with E-state index in [1.165, 1.54) is 56.7 Å².